The number of benzene rings is 2. The molecule has 146 valence electrons. The highest BCUT2D eigenvalue weighted by Gasteiger charge is 2.37. The van der Waals surface area contributed by atoms with Crippen LogP contribution < -0.4 is 14.6 Å². The molecule has 2 aromatic heterocycles. The van der Waals surface area contributed by atoms with Gasteiger partial charge in [-0.2, -0.15) is 0 Å². The van der Waals surface area contributed by atoms with E-state index in [2.05, 4.69) is 4.98 Å². The van der Waals surface area contributed by atoms with Crippen molar-refractivity contribution in [1.29, 1.82) is 0 Å². The van der Waals surface area contributed by atoms with Gasteiger partial charge < -0.3 is 9.15 Å². The maximum Gasteiger partial charge on any atom is 0.234 e. The summed E-state index contributed by atoms with van der Waals surface area (Å²) in [6.07, 6.45) is 1.90. The van der Waals surface area contributed by atoms with Gasteiger partial charge in [-0.3, -0.25) is 14.5 Å². The molecular formula is C24H18N2O4+2. The van der Waals surface area contributed by atoms with Gasteiger partial charge in [0, 0.05) is 28.6 Å². The molecule has 1 aliphatic carbocycles. The van der Waals surface area contributed by atoms with Crippen molar-refractivity contribution in [3.8, 4) is 5.75 Å². The van der Waals surface area contributed by atoms with Crippen molar-refractivity contribution in [3.05, 3.63) is 94.5 Å². The van der Waals surface area contributed by atoms with Crippen LogP contribution in [0.2, 0.25) is 0 Å². The minimum Gasteiger partial charge on any atom is -0.451 e. The first-order chi connectivity index (χ1) is 14.7. The Morgan fingerprint density at radius 1 is 0.933 bits per heavy atom. The molecule has 0 radical (unpaired) electrons. The standard InChI is InChI=1S/C24H16N2O4/c27-21-15-6-1-2-7-16(15)22(28)24-20(21)17-8-9-19-18(23(17)30-24)12-26(13-29-19)11-14-5-3-4-10-25-14/h1-10H,11-13H2/p+2. The number of carbonyl (C=O) groups is 2. The number of ether oxygens (including phenoxy) is 1. The molecule has 0 saturated heterocycles. The summed E-state index contributed by atoms with van der Waals surface area (Å²) < 4.78 is 12.0. The summed E-state index contributed by atoms with van der Waals surface area (Å²) in [5, 5.41) is 0.674. The van der Waals surface area contributed by atoms with E-state index in [1.807, 2.05) is 36.5 Å². The van der Waals surface area contributed by atoms with Crippen LogP contribution in [0.15, 0.2) is 65.2 Å². The fraction of sp³-hybridized carbons (Fsp3) is 0.125. The van der Waals surface area contributed by atoms with Gasteiger partial charge in [-0.15, -0.1) is 0 Å². The van der Waals surface area contributed by atoms with Crippen molar-refractivity contribution in [2.24, 2.45) is 0 Å². The molecule has 4 aromatic rings. The third kappa shape index (κ3) is 2.44. The summed E-state index contributed by atoms with van der Waals surface area (Å²) >= 11 is 0. The Bertz CT molecular complexity index is 1340. The lowest BCUT2D eigenvalue weighted by atomic mass is 9.87. The van der Waals surface area contributed by atoms with Crippen molar-refractivity contribution >= 4 is 22.5 Å². The maximum atomic E-state index is 13.1. The lowest BCUT2D eigenvalue weighted by Gasteiger charge is -2.25. The van der Waals surface area contributed by atoms with Gasteiger partial charge in [0.15, 0.2) is 24.3 Å². The Kier molecular flexibility index (Phi) is 3.63. The average molecular weight is 398 g/mol. The van der Waals surface area contributed by atoms with E-state index in [1.54, 1.807) is 24.3 Å². The molecule has 1 aliphatic heterocycles. The normalized spacial score (nSPS) is 17.3. The number of hydrogen-bond acceptors (Lipinski definition) is 4. The number of quaternary nitrogens is 1. The van der Waals surface area contributed by atoms with E-state index in [0.29, 0.717) is 40.9 Å². The second kappa shape index (κ2) is 6.37. The van der Waals surface area contributed by atoms with E-state index in [4.69, 9.17) is 9.15 Å². The number of pyridine rings is 1. The monoisotopic (exact) mass is 398 g/mol. The molecule has 2 aliphatic rings. The molecule has 0 saturated carbocycles. The summed E-state index contributed by atoms with van der Waals surface area (Å²) in [4.78, 5) is 30.6. The number of aromatic amines is 1. The van der Waals surface area contributed by atoms with E-state index in [-0.39, 0.29) is 17.3 Å². The Morgan fingerprint density at radius 2 is 1.73 bits per heavy atom. The molecule has 30 heavy (non-hydrogen) atoms. The third-order valence-corrected chi connectivity index (χ3v) is 5.84. The zero-order valence-electron chi connectivity index (χ0n) is 16.0. The van der Waals surface area contributed by atoms with Gasteiger partial charge in [0.25, 0.3) is 0 Å². The van der Waals surface area contributed by atoms with Crippen molar-refractivity contribution in [3.63, 3.8) is 0 Å². The van der Waals surface area contributed by atoms with Crippen molar-refractivity contribution < 1.29 is 28.6 Å². The molecule has 2 aromatic carbocycles. The molecule has 2 N–H and O–H groups in total. The van der Waals surface area contributed by atoms with E-state index < -0.39 is 0 Å². The van der Waals surface area contributed by atoms with Crippen molar-refractivity contribution in [1.82, 2.24) is 0 Å². The first-order valence-electron chi connectivity index (χ1n) is 9.89. The molecule has 6 heteroatoms. The molecule has 3 heterocycles. The Hall–Kier alpha value is -3.77. The number of aromatic nitrogens is 1. The lowest BCUT2D eigenvalue weighted by molar-refractivity contribution is -0.949. The fourth-order valence-electron chi connectivity index (χ4n) is 4.43. The largest absolute Gasteiger partial charge is 0.451 e. The Labute approximate surface area is 171 Å². The SMILES string of the molecule is O=C1c2ccccc2C(=O)c2c1oc1c3c(ccc21)OC[NH+](Cc1cccc[nH+]1)C3. The van der Waals surface area contributed by atoms with Gasteiger partial charge in [0.2, 0.25) is 18.2 Å². The molecule has 0 amide bonds. The second-order valence-electron chi connectivity index (χ2n) is 7.71. The van der Waals surface area contributed by atoms with E-state index >= 15 is 0 Å². The van der Waals surface area contributed by atoms with Crippen LogP contribution in [-0.2, 0) is 13.1 Å². The summed E-state index contributed by atoms with van der Waals surface area (Å²) in [5.74, 6) is 0.459. The Morgan fingerprint density at radius 3 is 2.53 bits per heavy atom. The minimum atomic E-state index is -0.245. The molecule has 0 bridgehead atoms. The summed E-state index contributed by atoms with van der Waals surface area (Å²) in [5.41, 5.74) is 3.75. The van der Waals surface area contributed by atoms with Gasteiger partial charge in [-0.1, -0.05) is 24.3 Å². The van der Waals surface area contributed by atoms with E-state index in [1.165, 1.54) is 4.90 Å². The molecule has 1 atom stereocenters. The van der Waals surface area contributed by atoms with E-state index in [0.717, 1.165) is 23.6 Å². The second-order valence-corrected chi connectivity index (χ2v) is 7.71. The van der Waals surface area contributed by atoms with Gasteiger partial charge >= 0.3 is 0 Å². The Balaban J connectivity index is 1.45. The molecule has 6 rings (SSSR count). The maximum absolute atomic E-state index is 13.1. The predicted molar refractivity (Wildman–Crippen MR) is 106 cm³/mol. The summed E-state index contributed by atoms with van der Waals surface area (Å²) in [6, 6.07) is 16.6. The number of H-pyrrole nitrogens is 1. The fourth-order valence-corrected chi connectivity index (χ4v) is 4.43. The zero-order valence-corrected chi connectivity index (χ0v) is 16.0. The van der Waals surface area contributed by atoms with Crippen LogP contribution in [0.1, 0.15) is 43.3 Å². The first-order valence-corrected chi connectivity index (χ1v) is 9.89. The number of fused-ring (bicyclic) bond motifs is 6. The number of ketones is 2. The predicted octanol–water partition coefficient (Wildman–Crippen LogP) is 1.96. The van der Waals surface area contributed by atoms with Crippen LogP contribution in [0.3, 0.4) is 0 Å². The molecule has 1 unspecified atom stereocenters. The van der Waals surface area contributed by atoms with Crippen molar-refractivity contribution in [2.75, 3.05) is 6.73 Å². The van der Waals surface area contributed by atoms with Crippen LogP contribution in [0.25, 0.3) is 11.0 Å². The minimum absolute atomic E-state index is 0.130. The van der Waals surface area contributed by atoms with Gasteiger partial charge in [0.1, 0.15) is 17.9 Å². The van der Waals surface area contributed by atoms with Crippen LogP contribution >= 0.6 is 0 Å². The number of carbonyl (C=O) groups excluding carboxylic acids is 2. The highest BCUT2D eigenvalue weighted by Crippen LogP contribution is 2.39. The van der Waals surface area contributed by atoms with Gasteiger partial charge in [0.05, 0.1) is 11.1 Å². The van der Waals surface area contributed by atoms with Gasteiger partial charge in [-0.05, 0) is 18.2 Å². The topological polar surface area (TPSA) is 75.1 Å². The van der Waals surface area contributed by atoms with Crippen LogP contribution in [0.4, 0.5) is 0 Å². The molecule has 0 fully saturated rings. The average Bonchev–Trinajstić information content (AvgIpc) is 3.19. The number of hydrogen-bond donors (Lipinski definition) is 1. The zero-order chi connectivity index (χ0) is 20.2. The van der Waals surface area contributed by atoms with Gasteiger partial charge in [-0.25, -0.2) is 4.98 Å². The number of furan rings is 1. The lowest BCUT2D eigenvalue weighted by Crippen LogP contribution is -3.11. The van der Waals surface area contributed by atoms with E-state index in [9.17, 15) is 9.59 Å². The quantitative estimate of drug-likeness (QED) is 0.493. The summed E-state index contributed by atoms with van der Waals surface area (Å²) in [7, 11) is 0. The smallest absolute Gasteiger partial charge is 0.234 e. The highest BCUT2D eigenvalue weighted by atomic mass is 16.5. The van der Waals surface area contributed by atoms with Crippen molar-refractivity contribution in [2.45, 2.75) is 13.1 Å². The van der Waals surface area contributed by atoms with Crippen LogP contribution in [0, 0.1) is 0 Å². The number of nitrogens with one attached hydrogen (secondary N) is 2. The third-order valence-electron chi connectivity index (χ3n) is 5.84. The molecular weight excluding hydrogens is 380 g/mol. The summed E-state index contributed by atoms with van der Waals surface area (Å²) in [6.45, 7) is 1.97. The number of rotatable bonds is 2. The van der Waals surface area contributed by atoms with Crippen LogP contribution in [0.5, 0.6) is 5.75 Å². The molecule has 0 spiro atoms. The van der Waals surface area contributed by atoms with Crippen LogP contribution in [-0.4, -0.2) is 18.3 Å². The first kappa shape index (κ1) is 17.1. The highest BCUT2D eigenvalue weighted by molar-refractivity contribution is 6.31. The molecule has 6 nitrogen and oxygen atoms in total.